The molecule has 0 spiro atoms. The number of rotatable bonds is 7. The molecule has 0 saturated carbocycles. The topological polar surface area (TPSA) is 65.7 Å². The molecule has 256 valence electrons. The predicted molar refractivity (Wildman–Crippen MR) is 212 cm³/mol. The molecule has 7 heteroatoms. The van der Waals surface area contributed by atoms with Crippen LogP contribution in [0.2, 0.25) is 0 Å². The average molecular weight is 692 g/mol. The summed E-state index contributed by atoms with van der Waals surface area (Å²) >= 11 is 0. The Hall–Kier alpha value is -7.12. The van der Waals surface area contributed by atoms with Crippen LogP contribution in [0, 0.1) is 0 Å². The van der Waals surface area contributed by atoms with Crippen molar-refractivity contribution >= 4 is 72.6 Å². The number of aromatic nitrogens is 2. The van der Waals surface area contributed by atoms with Crippen LogP contribution in [0.25, 0.3) is 55.0 Å². The van der Waals surface area contributed by atoms with Gasteiger partial charge in [0.25, 0.3) is 0 Å². The second-order valence-electron chi connectivity index (χ2n) is 12.9. The van der Waals surface area contributed by atoms with Crippen LogP contribution in [0.3, 0.4) is 0 Å². The van der Waals surface area contributed by atoms with E-state index in [0.29, 0.717) is 11.1 Å². The molecule has 0 amide bonds. The summed E-state index contributed by atoms with van der Waals surface area (Å²) in [6.45, 7) is 0. The van der Waals surface area contributed by atoms with Crippen LogP contribution in [0.15, 0.2) is 164 Å². The van der Waals surface area contributed by atoms with E-state index in [9.17, 15) is 9.59 Å². The molecule has 0 fully saturated rings. The van der Waals surface area contributed by atoms with Crippen molar-refractivity contribution in [3.05, 3.63) is 175 Å². The molecule has 2 aromatic heterocycles. The van der Waals surface area contributed by atoms with Crippen LogP contribution in [-0.4, -0.2) is 35.3 Å². The number of methoxy groups -OCH3 is 2. The molecule has 0 bridgehead atoms. The van der Waals surface area contributed by atoms with Gasteiger partial charge in [0.15, 0.2) is 0 Å². The maximum Gasteiger partial charge on any atom is 0.337 e. The Kier molecular flexibility index (Phi) is 7.74. The summed E-state index contributed by atoms with van der Waals surface area (Å²) in [6.07, 6.45) is 0. The Morgan fingerprint density at radius 2 is 0.811 bits per heavy atom. The van der Waals surface area contributed by atoms with Gasteiger partial charge >= 0.3 is 11.9 Å². The van der Waals surface area contributed by atoms with Gasteiger partial charge < -0.3 is 23.5 Å². The molecule has 0 aliphatic carbocycles. The van der Waals surface area contributed by atoms with Crippen molar-refractivity contribution in [2.24, 2.45) is 0 Å². The predicted octanol–water partition coefficient (Wildman–Crippen LogP) is 10.9. The van der Waals surface area contributed by atoms with E-state index in [0.717, 1.165) is 72.0 Å². The van der Waals surface area contributed by atoms with Crippen molar-refractivity contribution in [1.82, 2.24) is 9.13 Å². The van der Waals surface area contributed by atoms with Gasteiger partial charge in [0.1, 0.15) is 0 Å². The molecule has 7 aromatic carbocycles. The fourth-order valence-electron chi connectivity index (χ4n) is 7.51. The molecular formula is C46H33N3O4. The maximum absolute atomic E-state index is 12.2. The molecule has 0 saturated heterocycles. The summed E-state index contributed by atoms with van der Waals surface area (Å²) in [5.41, 5.74) is 10.3. The molecule has 2 heterocycles. The standard InChI is InChI=1S/C46H33N3O4/c1-52-45(50)30-16-20-33(21-17-30)48-41-14-8-6-12-37(41)39-28-35(24-26-43(39)48)47(32-10-4-3-5-11-32)36-25-27-44-40(29-36)38-13-7-9-15-42(38)49(44)34-22-18-31(19-23-34)46(51)53-2/h3-29H,1-2H3. The van der Waals surface area contributed by atoms with Gasteiger partial charge in [0, 0.05) is 50.0 Å². The van der Waals surface area contributed by atoms with E-state index in [4.69, 9.17) is 9.47 Å². The third-order valence-electron chi connectivity index (χ3n) is 9.94. The van der Waals surface area contributed by atoms with E-state index in [2.05, 4.69) is 123 Å². The normalized spacial score (nSPS) is 11.4. The molecule has 0 N–H and O–H groups in total. The van der Waals surface area contributed by atoms with Crippen molar-refractivity contribution in [1.29, 1.82) is 0 Å². The largest absolute Gasteiger partial charge is 0.465 e. The molecule has 7 nitrogen and oxygen atoms in total. The minimum absolute atomic E-state index is 0.360. The van der Waals surface area contributed by atoms with Crippen LogP contribution >= 0.6 is 0 Å². The number of carbonyl (C=O) groups is 2. The summed E-state index contributed by atoms with van der Waals surface area (Å²) in [5, 5.41) is 4.49. The molecule has 0 aliphatic heterocycles. The molecule has 53 heavy (non-hydrogen) atoms. The Morgan fingerprint density at radius 1 is 0.415 bits per heavy atom. The van der Waals surface area contributed by atoms with Gasteiger partial charge in [-0.15, -0.1) is 0 Å². The van der Waals surface area contributed by atoms with E-state index in [1.165, 1.54) is 14.2 Å². The van der Waals surface area contributed by atoms with Crippen LogP contribution in [0.5, 0.6) is 0 Å². The molecular weight excluding hydrogens is 659 g/mol. The van der Waals surface area contributed by atoms with E-state index in [-0.39, 0.29) is 11.9 Å². The van der Waals surface area contributed by atoms with Crippen molar-refractivity contribution < 1.29 is 19.1 Å². The molecule has 9 aromatic rings. The van der Waals surface area contributed by atoms with Gasteiger partial charge in [-0.25, -0.2) is 9.59 Å². The molecule has 0 radical (unpaired) electrons. The number of hydrogen-bond acceptors (Lipinski definition) is 5. The van der Waals surface area contributed by atoms with Crippen molar-refractivity contribution in [2.45, 2.75) is 0 Å². The number of hydrogen-bond donors (Lipinski definition) is 0. The summed E-state index contributed by atoms with van der Waals surface area (Å²) in [4.78, 5) is 26.6. The summed E-state index contributed by atoms with van der Waals surface area (Å²) in [5.74, 6) is -0.720. The van der Waals surface area contributed by atoms with Gasteiger partial charge in [-0.05, 0) is 109 Å². The summed E-state index contributed by atoms with van der Waals surface area (Å²) < 4.78 is 14.3. The SMILES string of the molecule is COC(=O)c1ccc(-n2c3ccccc3c3cc(N(c4ccccc4)c4ccc5c(c4)c4ccccc4n5-c4ccc(C(=O)OC)cc4)ccc32)cc1. The first-order chi connectivity index (χ1) is 26.0. The number of esters is 2. The monoisotopic (exact) mass is 691 g/mol. The lowest BCUT2D eigenvalue weighted by molar-refractivity contribution is 0.0592. The van der Waals surface area contributed by atoms with Gasteiger partial charge in [-0.1, -0.05) is 54.6 Å². The average Bonchev–Trinajstić information content (AvgIpc) is 3.73. The number of nitrogens with zero attached hydrogens (tertiary/aromatic N) is 3. The van der Waals surface area contributed by atoms with Crippen LogP contribution in [-0.2, 0) is 9.47 Å². The highest BCUT2D eigenvalue weighted by atomic mass is 16.5. The third-order valence-corrected chi connectivity index (χ3v) is 9.94. The van der Waals surface area contributed by atoms with E-state index in [1.54, 1.807) is 24.3 Å². The van der Waals surface area contributed by atoms with Crippen LogP contribution < -0.4 is 4.90 Å². The first kappa shape index (κ1) is 31.8. The number of para-hydroxylation sites is 3. The van der Waals surface area contributed by atoms with Crippen LogP contribution in [0.1, 0.15) is 20.7 Å². The first-order valence-corrected chi connectivity index (χ1v) is 17.3. The first-order valence-electron chi connectivity index (χ1n) is 17.3. The Balaban J connectivity index is 1.21. The zero-order chi connectivity index (χ0) is 36.1. The van der Waals surface area contributed by atoms with Gasteiger partial charge in [-0.2, -0.15) is 0 Å². The Bertz CT molecular complexity index is 2660. The summed E-state index contributed by atoms with van der Waals surface area (Å²) in [7, 11) is 2.79. The molecule has 9 rings (SSSR count). The highest BCUT2D eigenvalue weighted by molar-refractivity contribution is 6.12. The van der Waals surface area contributed by atoms with Gasteiger partial charge in [-0.3, -0.25) is 0 Å². The smallest absolute Gasteiger partial charge is 0.337 e. The minimum Gasteiger partial charge on any atom is -0.465 e. The Morgan fingerprint density at radius 3 is 1.25 bits per heavy atom. The third kappa shape index (κ3) is 5.29. The van der Waals surface area contributed by atoms with E-state index in [1.807, 2.05) is 30.3 Å². The second kappa shape index (κ2) is 12.9. The lowest BCUT2D eigenvalue weighted by atomic mass is 10.1. The van der Waals surface area contributed by atoms with Crippen molar-refractivity contribution in [2.75, 3.05) is 19.1 Å². The zero-order valence-corrected chi connectivity index (χ0v) is 29.1. The zero-order valence-electron chi connectivity index (χ0n) is 29.1. The lowest BCUT2D eigenvalue weighted by Gasteiger charge is -2.26. The van der Waals surface area contributed by atoms with E-state index < -0.39 is 0 Å². The quantitative estimate of drug-likeness (QED) is 0.156. The van der Waals surface area contributed by atoms with Crippen LogP contribution in [0.4, 0.5) is 17.1 Å². The number of fused-ring (bicyclic) bond motifs is 6. The number of benzene rings is 7. The second-order valence-corrected chi connectivity index (χ2v) is 12.9. The highest BCUT2D eigenvalue weighted by Crippen LogP contribution is 2.42. The molecule has 0 aliphatic rings. The van der Waals surface area contributed by atoms with E-state index >= 15 is 0 Å². The number of anilines is 3. The van der Waals surface area contributed by atoms with Crippen molar-refractivity contribution in [3.63, 3.8) is 0 Å². The highest BCUT2D eigenvalue weighted by Gasteiger charge is 2.20. The Labute approximate surface area is 305 Å². The van der Waals surface area contributed by atoms with Gasteiger partial charge in [0.05, 0.1) is 47.4 Å². The fraction of sp³-hybridized carbons (Fsp3) is 0.0435. The van der Waals surface area contributed by atoms with Crippen molar-refractivity contribution in [3.8, 4) is 11.4 Å². The minimum atomic E-state index is -0.360. The fourth-order valence-corrected chi connectivity index (χ4v) is 7.51. The van der Waals surface area contributed by atoms with Gasteiger partial charge in [0.2, 0.25) is 0 Å². The molecule has 0 atom stereocenters. The number of carbonyl (C=O) groups excluding carboxylic acids is 2. The summed E-state index contributed by atoms with van der Waals surface area (Å²) in [6, 6.07) is 55.5. The number of ether oxygens (including phenoxy) is 2. The molecule has 0 unspecified atom stereocenters. The lowest BCUT2D eigenvalue weighted by Crippen LogP contribution is -2.09. The maximum atomic E-state index is 12.2.